The lowest BCUT2D eigenvalue weighted by molar-refractivity contribution is 0.556. The van der Waals surface area contributed by atoms with E-state index in [0.717, 1.165) is 16.8 Å². The molecule has 202 valence electrons. The van der Waals surface area contributed by atoms with Crippen molar-refractivity contribution in [3.05, 3.63) is 174 Å². The maximum atomic E-state index is 5.06. The van der Waals surface area contributed by atoms with E-state index in [4.69, 9.17) is 4.99 Å². The van der Waals surface area contributed by atoms with Gasteiger partial charge < -0.3 is 4.57 Å². The second-order valence-electron chi connectivity index (χ2n) is 10.5. The van der Waals surface area contributed by atoms with Gasteiger partial charge in [-0.2, -0.15) is 0 Å². The Morgan fingerprint density at radius 1 is 0.571 bits per heavy atom. The van der Waals surface area contributed by atoms with Crippen molar-refractivity contribution in [2.75, 3.05) is 0 Å². The van der Waals surface area contributed by atoms with Crippen molar-refractivity contribution in [1.82, 2.24) is 9.88 Å². The standard InChI is InChI=1S/C39H31N3/c1-3-15-31(16-4-1)33-19-11-13-29(25-33)27-40-39(32-17-5-2-6-18-32)41-28-30-14-12-20-34(26-30)42-37-23-9-7-21-35(37)36-22-8-10-24-38(36)42/h1-26,28,39-40H,27H2. The van der Waals surface area contributed by atoms with Crippen molar-refractivity contribution in [3.8, 4) is 16.8 Å². The molecule has 6 aromatic carbocycles. The number of hydrogen-bond donors (Lipinski definition) is 1. The van der Waals surface area contributed by atoms with Gasteiger partial charge in [-0.1, -0.05) is 127 Å². The zero-order chi connectivity index (χ0) is 28.1. The third-order valence-electron chi connectivity index (χ3n) is 7.73. The van der Waals surface area contributed by atoms with Crippen molar-refractivity contribution in [2.45, 2.75) is 12.7 Å². The molecule has 1 N–H and O–H groups in total. The molecule has 1 heterocycles. The Kier molecular flexibility index (Phi) is 7.16. The van der Waals surface area contributed by atoms with Crippen LogP contribution >= 0.6 is 0 Å². The number of nitrogens with one attached hydrogen (secondary N) is 1. The van der Waals surface area contributed by atoms with Gasteiger partial charge in [0.1, 0.15) is 6.17 Å². The van der Waals surface area contributed by atoms with E-state index in [-0.39, 0.29) is 6.17 Å². The van der Waals surface area contributed by atoms with E-state index in [9.17, 15) is 0 Å². The molecule has 0 radical (unpaired) electrons. The van der Waals surface area contributed by atoms with Crippen LogP contribution in [0.25, 0.3) is 38.6 Å². The summed E-state index contributed by atoms with van der Waals surface area (Å²) < 4.78 is 2.34. The normalized spacial score (nSPS) is 12.3. The van der Waals surface area contributed by atoms with Crippen LogP contribution in [0.5, 0.6) is 0 Å². The number of aliphatic imine (C=N–C) groups is 1. The fourth-order valence-corrected chi connectivity index (χ4v) is 5.70. The minimum Gasteiger partial charge on any atom is -0.309 e. The summed E-state index contributed by atoms with van der Waals surface area (Å²) in [5, 5.41) is 6.21. The molecule has 0 saturated carbocycles. The maximum Gasteiger partial charge on any atom is 0.125 e. The Labute approximate surface area is 246 Å². The first kappa shape index (κ1) is 25.7. The lowest BCUT2D eigenvalue weighted by atomic mass is 10.0. The van der Waals surface area contributed by atoms with Gasteiger partial charge in [0, 0.05) is 29.2 Å². The molecule has 0 aliphatic heterocycles. The molecule has 1 aromatic heterocycles. The van der Waals surface area contributed by atoms with Crippen LogP contribution in [-0.4, -0.2) is 10.8 Å². The van der Waals surface area contributed by atoms with E-state index in [1.54, 1.807) is 0 Å². The highest BCUT2D eigenvalue weighted by Gasteiger charge is 2.12. The highest BCUT2D eigenvalue weighted by Crippen LogP contribution is 2.32. The fraction of sp³-hybridized carbons (Fsp3) is 0.0513. The minimum atomic E-state index is -0.177. The van der Waals surface area contributed by atoms with Crippen LogP contribution in [0, 0.1) is 0 Å². The molecule has 0 saturated heterocycles. The Morgan fingerprint density at radius 2 is 1.19 bits per heavy atom. The zero-order valence-electron chi connectivity index (χ0n) is 23.3. The molecule has 42 heavy (non-hydrogen) atoms. The Balaban J connectivity index is 1.18. The predicted molar refractivity (Wildman–Crippen MR) is 176 cm³/mol. The molecule has 1 atom stereocenters. The van der Waals surface area contributed by atoms with Crippen LogP contribution in [0.3, 0.4) is 0 Å². The van der Waals surface area contributed by atoms with E-state index in [0.29, 0.717) is 6.54 Å². The number of benzene rings is 6. The second kappa shape index (κ2) is 11.7. The molecule has 7 aromatic rings. The second-order valence-corrected chi connectivity index (χ2v) is 10.5. The Hall–Kier alpha value is -5.25. The quantitative estimate of drug-likeness (QED) is 0.191. The highest BCUT2D eigenvalue weighted by atomic mass is 15.1. The molecule has 0 aliphatic carbocycles. The van der Waals surface area contributed by atoms with Crippen LogP contribution in [0.4, 0.5) is 0 Å². The lowest BCUT2D eigenvalue weighted by Crippen LogP contribution is -2.19. The molecule has 0 aliphatic rings. The molecule has 3 nitrogen and oxygen atoms in total. The smallest absolute Gasteiger partial charge is 0.125 e. The lowest BCUT2D eigenvalue weighted by Gasteiger charge is -2.16. The maximum absolute atomic E-state index is 5.06. The highest BCUT2D eigenvalue weighted by molar-refractivity contribution is 6.09. The molecule has 0 fully saturated rings. The number of rotatable bonds is 8. The van der Waals surface area contributed by atoms with E-state index >= 15 is 0 Å². The van der Waals surface area contributed by atoms with Crippen molar-refractivity contribution in [3.63, 3.8) is 0 Å². The zero-order valence-corrected chi connectivity index (χ0v) is 23.3. The number of aromatic nitrogens is 1. The van der Waals surface area contributed by atoms with Gasteiger partial charge in [-0.15, -0.1) is 0 Å². The molecule has 7 rings (SSSR count). The van der Waals surface area contributed by atoms with E-state index in [1.165, 1.54) is 38.5 Å². The molecular weight excluding hydrogens is 510 g/mol. The first-order valence-corrected chi connectivity index (χ1v) is 14.4. The first-order chi connectivity index (χ1) is 20.8. The van der Waals surface area contributed by atoms with Crippen molar-refractivity contribution in [2.24, 2.45) is 4.99 Å². The number of fused-ring (bicyclic) bond motifs is 3. The monoisotopic (exact) mass is 541 g/mol. The number of hydrogen-bond acceptors (Lipinski definition) is 2. The summed E-state index contributed by atoms with van der Waals surface area (Å²) in [6, 6.07) is 55.5. The SMILES string of the molecule is C(=NC(NCc1cccc(-c2ccccc2)c1)c1ccccc1)c1cccc(-n2c3ccccc3c3ccccc32)c1. The van der Waals surface area contributed by atoms with Gasteiger partial charge in [0.05, 0.1) is 11.0 Å². The van der Waals surface area contributed by atoms with Crippen LogP contribution in [0.15, 0.2) is 163 Å². The van der Waals surface area contributed by atoms with Crippen LogP contribution in [-0.2, 0) is 6.54 Å². The minimum absolute atomic E-state index is 0.177. The van der Waals surface area contributed by atoms with Gasteiger partial charge in [-0.25, -0.2) is 0 Å². The molecule has 0 spiro atoms. The largest absolute Gasteiger partial charge is 0.309 e. The van der Waals surface area contributed by atoms with Crippen molar-refractivity contribution >= 4 is 28.0 Å². The van der Waals surface area contributed by atoms with Crippen molar-refractivity contribution in [1.29, 1.82) is 0 Å². The van der Waals surface area contributed by atoms with Gasteiger partial charge in [0.15, 0.2) is 0 Å². The molecule has 1 unspecified atom stereocenters. The van der Waals surface area contributed by atoms with Gasteiger partial charge >= 0.3 is 0 Å². The van der Waals surface area contributed by atoms with Gasteiger partial charge in [0.25, 0.3) is 0 Å². The summed E-state index contributed by atoms with van der Waals surface area (Å²) in [5.41, 5.74) is 9.38. The molecular formula is C39H31N3. The Bertz CT molecular complexity index is 1930. The van der Waals surface area contributed by atoms with E-state index in [1.807, 2.05) is 12.3 Å². The van der Waals surface area contributed by atoms with Crippen LogP contribution < -0.4 is 5.32 Å². The molecule has 0 amide bonds. The van der Waals surface area contributed by atoms with E-state index in [2.05, 4.69) is 162 Å². The summed E-state index contributed by atoms with van der Waals surface area (Å²) >= 11 is 0. The number of para-hydroxylation sites is 2. The van der Waals surface area contributed by atoms with Crippen molar-refractivity contribution < 1.29 is 0 Å². The van der Waals surface area contributed by atoms with Gasteiger partial charge in [-0.05, 0) is 58.1 Å². The summed E-state index contributed by atoms with van der Waals surface area (Å²) in [7, 11) is 0. The molecule has 0 bridgehead atoms. The Morgan fingerprint density at radius 3 is 1.93 bits per heavy atom. The summed E-state index contributed by atoms with van der Waals surface area (Å²) in [6.45, 7) is 0.707. The van der Waals surface area contributed by atoms with Crippen LogP contribution in [0.1, 0.15) is 22.9 Å². The topological polar surface area (TPSA) is 29.3 Å². The van der Waals surface area contributed by atoms with Gasteiger partial charge in [0.2, 0.25) is 0 Å². The predicted octanol–water partition coefficient (Wildman–Crippen LogP) is 9.36. The summed E-state index contributed by atoms with van der Waals surface area (Å²) in [4.78, 5) is 5.06. The van der Waals surface area contributed by atoms with Gasteiger partial charge in [-0.3, -0.25) is 10.3 Å². The third-order valence-corrected chi connectivity index (χ3v) is 7.73. The third kappa shape index (κ3) is 5.26. The average molecular weight is 542 g/mol. The summed E-state index contributed by atoms with van der Waals surface area (Å²) in [5.74, 6) is 0. The van der Waals surface area contributed by atoms with Crippen LogP contribution in [0.2, 0.25) is 0 Å². The summed E-state index contributed by atoms with van der Waals surface area (Å²) in [6.07, 6.45) is 1.81. The fourth-order valence-electron chi connectivity index (χ4n) is 5.70. The van der Waals surface area contributed by atoms with E-state index < -0.39 is 0 Å². The number of nitrogens with zero attached hydrogens (tertiary/aromatic N) is 2. The molecule has 3 heteroatoms. The first-order valence-electron chi connectivity index (χ1n) is 14.4. The average Bonchev–Trinajstić information content (AvgIpc) is 3.40.